The number of amides is 2. The van der Waals surface area contributed by atoms with Gasteiger partial charge in [0.05, 0.1) is 12.4 Å². The summed E-state index contributed by atoms with van der Waals surface area (Å²) in [6.07, 6.45) is 0. The standard InChI is InChI=1S/C19H17N3O3S/c23-17(12-26-19-20-15-8-4-5-9-16(15)25-19)21-10-11-22(13-21)18(24)14-6-2-1-3-7-14/h1-9H,10-13H2. The second-order valence-electron chi connectivity index (χ2n) is 5.97. The molecule has 1 aromatic heterocycles. The van der Waals surface area contributed by atoms with E-state index in [0.717, 1.165) is 5.52 Å². The van der Waals surface area contributed by atoms with Crippen molar-refractivity contribution < 1.29 is 14.0 Å². The highest BCUT2D eigenvalue weighted by Crippen LogP contribution is 2.23. The number of rotatable bonds is 4. The molecule has 2 aromatic carbocycles. The van der Waals surface area contributed by atoms with Crippen LogP contribution in [0.1, 0.15) is 10.4 Å². The van der Waals surface area contributed by atoms with Crippen LogP contribution in [0.25, 0.3) is 11.1 Å². The summed E-state index contributed by atoms with van der Waals surface area (Å²) in [5.74, 6) is 0.160. The molecule has 0 unspecified atom stereocenters. The molecular formula is C19H17N3O3S. The highest BCUT2D eigenvalue weighted by molar-refractivity contribution is 7.99. The van der Waals surface area contributed by atoms with Gasteiger partial charge in [-0.2, -0.15) is 0 Å². The number of aromatic nitrogens is 1. The molecule has 0 aliphatic carbocycles. The molecular weight excluding hydrogens is 350 g/mol. The van der Waals surface area contributed by atoms with Gasteiger partial charge in [0.25, 0.3) is 11.1 Å². The molecule has 4 rings (SSSR count). The average Bonchev–Trinajstić information content (AvgIpc) is 3.33. The van der Waals surface area contributed by atoms with Crippen molar-refractivity contribution in [2.45, 2.75) is 5.22 Å². The third-order valence-electron chi connectivity index (χ3n) is 4.24. The van der Waals surface area contributed by atoms with Crippen LogP contribution in [0.15, 0.2) is 64.2 Å². The minimum atomic E-state index is -0.0486. The van der Waals surface area contributed by atoms with Crippen molar-refractivity contribution in [3.63, 3.8) is 0 Å². The number of thioether (sulfide) groups is 1. The first kappa shape index (κ1) is 16.7. The highest BCUT2D eigenvalue weighted by atomic mass is 32.2. The second kappa shape index (κ2) is 7.21. The summed E-state index contributed by atoms with van der Waals surface area (Å²) < 4.78 is 5.61. The van der Waals surface area contributed by atoms with Gasteiger partial charge in [0.1, 0.15) is 5.52 Å². The first-order chi connectivity index (χ1) is 12.7. The zero-order valence-electron chi connectivity index (χ0n) is 14.0. The van der Waals surface area contributed by atoms with Crippen molar-refractivity contribution in [1.29, 1.82) is 0 Å². The van der Waals surface area contributed by atoms with Gasteiger partial charge in [-0.1, -0.05) is 42.1 Å². The SMILES string of the molecule is O=C(CSc1nc2ccccc2o1)N1CCN(C(=O)c2ccccc2)C1. The largest absolute Gasteiger partial charge is 0.431 e. The number of fused-ring (bicyclic) bond motifs is 1. The topological polar surface area (TPSA) is 66.7 Å². The molecule has 26 heavy (non-hydrogen) atoms. The Labute approximate surface area is 154 Å². The van der Waals surface area contributed by atoms with Gasteiger partial charge in [0.2, 0.25) is 5.91 Å². The van der Waals surface area contributed by atoms with Gasteiger partial charge in [-0.15, -0.1) is 0 Å². The normalized spacial score (nSPS) is 14.2. The number of carbonyl (C=O) groups is 2. The van der Waals surface area contributed by atoms with E-state index in [2.05, 4.69) is 4.98 Å². The van der Waals surface area contributed by atoms with Gasteiger partial charge in [0, 0.05) is 18.7 Å². The summed E-state index contributed by atoms with van der Waals surface area (Å²) in [5.41, 5.74) is 2.13. The van der Waals surface area contributed by atoms with Gasteiger partial charge < -0.3 is 14.2 Å². The summed E-state index contributed by atoms with van der Waals surface area (Å²) in [5, 5.41) is 0.482. The number of oxazole rings is 1. The summed E-state index contributed by atoms with van der Waals surface area (Å²) in [6, 6.07) is 16.6. The van der Waals surface area contributed by atoms with Gasteiger partial charge in [-0.05, 0) is 24.3 Å². The van der Waals surface area contributed by atoms with Gasteiger partial charge in [-0.3, -0.25) is 9.59 Å². The van der Waals surface area contributed by atoms with Crippen molar-refractivity contribution in [1.82, 2.24) is 14.8 Å². The first-order valence-corrected chi connectivity index (χ1v) is 9.30. The fraction of sp³-hybridized carbons (Fsp3) is 0.211. The molecule has 0 radical (unpaired) electrons. The van der Waals surface area contributed by atoms with E-state index in [0.29, 0.717) is 36.1 Å². The van der Waals surface area contributed by atoms with Crippen LogP contribution in [0, 0.1) is 0 Å². The van der Waals surface area contributed by atoms with E-state index in [1.807, 2.05) is 42.5 Å². The van der Waals surface area contributed by atoms with E-state index in [4.69, 9.17) is 4.42 Å². The minimum Gasteiger partial charge on any atom is -0.431 e. The molecule has 6 nitrogen and oxygen atoms in total. The Morgan fingerprint density at radius 1 is 1.00 bits per heavy atom. The minimum absolute atomic E-state index is 0.0272. The highest BCUT2D eigenvalue weighted by Gasteiger charge is 2.28. The van der Waals surface area contributed by atoms with Gasteiger partial charge in [-0.25, -0.2) is 4.98 Å². The number of carbonyl (C=O) groups excluding carboxylic acids is 2. The zero-order chi connectivity index (χ0) is 17.9. The van der Waals surface area contributed by atoms with E-state index < -0.39 is 0 Å². The monoisotopic (exact) mass is 367 g/mol. The molecule has 1 aliphatic rings. The Morgan fingerprint density at radius 3 is 2.54 bits per heavy atom. The van der Waals surface area contributed by atoms with E-state index in [1.54, 1.807) is 21.9 Å². The van der Waals surface area contributed by atoms with Crippen LogP contribution in [0.5, 0.6) is 0 Å². The van der Waals surface area contributed by atoms with Crippen LogP contribution in [0.2, 0.25) is 0 Å². The Morgan fingerprint density at radius 2 is 1.73 bits per heavy atom. The molecule has 1 saturated heterocycles. The quantitative estimate of drug-likeness (QED) is 0.664. The van der Waals surface area contributed by atoms with Crippen LogP contribution in [0.4, 0.5) is 0 Å². The summed E-state index contributed by atoms with van der Waals surface area (Å²) in [6.45, 7) is 1.42. The van der Waals surface area contributed by atoms with Crippen LogP contribution in [0.3, 0.4) is 0 Å². The number of benzene rings is 2. The van der Waals surface area contributed by atoms with E-state index in [1.165, 1.54) is 11.8 Å². The molecule has 1 fully saturated rings. The first-order valence-electron chi connectivity index (χ1n) is 8.31. The lowest BCUT2D eigenvalue weighted by atomic mass is 10.2. The van der Waals surface area contributed by atoms with Crippen LogP contribution >= 0.6 is 11.8 Å². The van der Waals surface area contributed by atoms with Crippen molar-refractivity contribution in [3.8, 4) is 0 Å². The van der Waals surface area contributed by atoms with E-state index in [-0.39, 0.29) is 17.6 Å². The Kier molecular flexibility index (Phi) is 4.62. The molecule has 2 amide bonds. The van der Waals surface area contributed by atoms with Crippen LogP contribution in [-0.4, -0.2) is 52.1 Å². The molecule has 0 spiro atoms. The number of para-hydroxylation sites is 2. The maximum atomic E-state index is 12.5. The Balaban J connectivity index is 1.33. The molecule has 0 atom stereocenters. The third-order valence-corrected chi connectivity index (χ3v) is 5.05. The average molecular weight is 367 g/mol. The lowest BCUT2D eigenvalue weighted by Crippen LogP contribution is -2.34. The van der Waals surface area contributed by atoms with Gasteiger partial charge in [0.15, 0.2) is 5.58 Å². The van der Waals surface area contributed by atoms with Crippen molar-refractivity contribution in [3.05, 3.63) is 60.2 Å². The molecule has 3 aromatic rings. The Bertz CT molecular complexity index is 908. The lowest BCUT2D eigenvalue weighted by Gasteiger charge is -2.18. The van der Waals surface area contributed by atoms with Crippen molar-refractivity contribution >= 4 is 34.7 Å². The molecule has 7 heteroatoms. The third kappa shape index (κ3) is 3.43. The predicted molar refractivity (Wildman–Crippen MR) is 98.8 cm³/mol. The molecule has 0 bridgehead atoms. The maximum absolute atomic E-state index is 12.5. The van der Waals surface area contributed by atoms with Crippen LogP contribution in [-0.2, 0) is 4.79 Å². The fourth-order valence-electron chi connectivity index (χ4n) is 2.85. The predicted octanol–water partition coefficient (Wildman–Crippen LogP) is 2.86. The molecule has 0 N–H and O–H groups in total. The van der Waals surface area contributed by atoms with Crippen molar-refractivity contribution in [2.24, 2.45) is 0 Å². The summed E-state index contributed by atoms with van der Waals surface area (Å²) in [7, 11) is 0. The fourth-order valence-corrected chi connectivity index (χ4v) is 3.59. The smallest absolute Gasteiger partial charge is 0.257 e. The van der Waals surface area contributed by atoms with Gasteiger partial charge >= 0.3 is 0 Å². The molecule has 132 valence electrons. The number of nitrogens with zero attached hydrogens (tertiary/aromatic N) is 3. The van der Waals surface area contributed by atoms with Crippen LogP contribution < -0.4 is 0 Å². The summed E-state index contributed by atoms with van der Waals surface area (Å²) in [4.78, 5) is 32.6. The van der Waals surface area contributed by atoms with Crippen molar-refractivity contribution in [2.75, 3.05) is 25.5 Å². The zero-order valence-corrected chi connectivity index (χ0v) is 14.8. The second-order valence-corrected chi connectivity index (χ2v) is 6.90. The van der Waals surface area contributed by atoms with E-state index >= 15 is 0 Å². The molecule has 2 heterocycles. The molecule has 0 saturated carbocycles. The maximum Gasteiger partial charge on any atom is 0.257 e. The molecule has 1 aliphatic heterocycles. The number of hydrogen-bond acceptors (Lipinski definition) is 5. The summed E-state index contributed by atoms with van der Waals surface area (Å²) >= 11 is 1.27. The Hall–Kier alpha value is -2.80. The number of hydrogen-bond donors (Lipinski definition) is 0. The lowest BCUT2D eigenvalue weighted by molar-refractivity contribution is -0.127. The van der Waals surface area contributed by atoms with E-state index in [9.17, 15) is 9.59 Å².